The zero-order valence-electron chi connectivity index (χ0n) is 28.5. The van der Waals surface area contributed by atoms with Crippen LogP contribution in [0.2, 0.25) is 15.1 Å². The van der Waals surface area contributed by atoms with Gasteiger partial charge < -0.3 is 23.5 Å². The molecule has 0 radical (unpaired) electrons. The lowest BCUT2D eigenvalue weighted by molar-refractivity contribution is -0.0933. The lowest BCUT2D eigenvalue weighted by atomic mass is 9.80. The molecule has 0 bridgehead atoms. The molecule has 4 atom stereocenters. The average Bonchev–Trinajstić information content (AvgIpc) is 3.53. The van der Waals surface area contributed by atoms with Gasteiger partial charge in [0.05, 0.1) is 30.9 Å². The van der Waals surface area contributed by atoms with Crippen LogP contribution in [0.15, 0.2) is 107 Å². The van der Waals surface area contributed by atoms with Gasteiger partial charge in [0.2, 0.25) is 0 Å². The van der Waals surface area contributed by atoms with Crippen molar-refractivity contribution in [2.45, 2.75) is 37.4 Å². The molecule has 1 fully saturated rings. The summed E-state index contributed by atoms with van der Waals surface area (Å²) in [5, 5.41) is -0.0621. The van der Waals surface area contributed by atoms with E-state index in [1.54, 1.807) is 14.2 Å². The maximum absolute atomic E-state index is 13.6. The van der Waals surface area contributed by atoms with E-state index in [2.05, 4.69) is 4.98 Å². The third-order valence-electron chi connectivity index (χ3n) is 8.71. The summed E-state index contributed by atoms with van der Waals surface area (Å²) >= 11 is 18.5. The minimum Gasteiger partial charge on any atom is -0.497 e. The van der Waals surface area contributed by atoms with Crippen LogP contribution in [0, 0.1) is 6.92 Å². The topological polar surface area (TPSA) is 148 Å². The summed E-state index contributed by atoms with van der Waals surface area (Å²) in [7, 11) is -1.85. The van der Waals surface area contributed by atoms with E-state index in [4.69, 9.17) is 62.8 Å². The van der Waals surface area contributed by atoms with Crippen molar-refractivity contribution in [3.05, 3.63) is 155 Å². The molecule has 5 aromatic rings. The first-order chi connectivity index (χ1) is 25.3. The Bertz CT molecular complexity index is 2160. The van der Waals surface area contributed by atoms with Crippen LogP contribution in [-0.2, 0) is 24.2 Å². The van der Waals surface area contributed by atoms with Crippen molar-refractivity contribution >= 4 is 42.6 Å². The number of phosphoric ester groups is 1. The summed E-state index contributed by atoms with van der Waals surface area (Å²) in [6.07, 6.45) is -2.12. The molecule has 1 aliphatic heterocycles. The molecule has 0 amide bonds. The molecule has 0 aliphatic carbocycles. The SMILES string of the molecule is COc1ccc(C(OC[C@H]2O[C@@H](n3cc(C)c(=O)[nH]c3=O)C[C@@H]2OP(=O)(O)Oc2c(Cl)cc(Cl)cc2Cl)(c2ccccc2)c2ccc(OC)cc2)cc1. The Morgan fingerprint density at radius 2 is 1.43 bits per heavy atom. The van der Waals surface area contributed by atoms with Crippen LogP contribution in [-0.4, -0.2) is 47.5 Å². The highest BCUT2D eigenvalue weighted by Gasteiger charge is 2.46. The second-order valence-corrected chi connectivity index (χ2v) is 14.6. The summed E-state index contributed by atoms with van der Waals surface area (Å²) in [5.74, 6) is 0.936. The minimum atomic E-state index is -4.99. The average molecular weight is 804 g/mol. The molecule has 0 spiro atoms. The van der Waals surface area contributed by atoms with E-state index >= 15 is 0 Å². The fourth-order valence-electron chi connectivity index (χ4n) is 6.14. The lowest BCUT2D eigenvalue weighted by Crippen LogP contribution is -2.38. The molecule has 53 heavy (non-hydrogen) atoms. The standard InChI is InChI=1S/C37H34Cl3N2O10P/c1-22-20-42(36(44)41-35(22)43)33-19-31(51-53(45,46)52-34-29(39)17-26(38)18-30(34)40)32(50-33)21-49-37(23-7-5-4-6-8-23,24-9-13-27(47-2)14-10-24)25-11-15-28(48-3)16-12-25/h4-18,20,31-33H,19,21H2,1-3H3,(H,45,46)(H,41,43,44)/t31-,32+,33+/m0/s1. The number of nitrogens with zero attached hydrogens (tertiary/aromatic N) is 1. The number of benzene rings is 4. The lowest BCUT2D eigenvalue weighted by Gasteiger charge is -2.37. The highest BCUT2D eigenvalue weighted by molar-refractivity contribution is 7.47. The highest BCUT2D eigenvalue weighted by Crippen LogP contribution is 2.52. The van der Waals surface area contributed by atoms with Gasteiger partial charge in [0.1, 0.15) is 35.5 Å². The second-order valence-electron chi connectivity index (χ2n) is 12.1. The Morgan fingerprint density at radius 3 is 1.98 bits per heavy atom. The van der Waals surface area contributed by atoms with E-state index in [-0.39, 0.29) is 39.4 Å². The highest BCUT2D eigenvalue weighted by atomic mass is 35.5. The first kappa shape index (κ1) is 38.6. The molecule has 1 aliphatic rings. The van der Waals surface area contributed by atoms with Crippen molar-refractivity contribution in [2.24, 2.45) is 0 Å². The van der Waals surface area contributed by atoms with Gasteiger partial charge >= 0.3 is 13.5 Å². The summed E-state index contributed by atoms with van der Waals surface area (Å²) in [4.78, 5) is 38.5. The van der Waals surface area contributed by atoms with E-state index in [0.717, 1.165) is 16.7 Å². The van der Waals surface area contributed by atoms with Gasteiger partial charge in [-0.15, -0.1) is 0 Å². The van der Waals surface area contributed by atoms with Crippen molar-refractivity contribution in [1.29, 1.82) is 0 Å². The molecule has 4 aromatic carbocycles. The van der Waals surface area contributed by atoms with Gasteiger partial charge in [-0.05, 0) is 60.0 Å². The first-order valence-corrected chi connectivity index (χ1v) is 18.8. The third kappa shape index (κ3) is 8.36. The van der Waals surface area contributed by atoms with Crippen molar-refractivity contribution in [3.63, 3.8) is 0 Å². The molecular formula is C37H34Cl3N2O10P. The van der Waals surface area contributed by atoms with Crippen LogP contribution < -0.4 is 25.2 Å². The van der Waals surface area contributed by atoms with E-state index in [9.17, 15) is 19.0 Å². The quantitative estimate of drug-likeness (QED) is 0.0898. The number of aromatic amines is 1. The Labute approximate surface area is 319 Å². The van der Waals surface area contributed by atoms with Gasteiger partial charge in [-0.3, -0.25) is 23.8 Å². The van der Waals surface area contributed by atoms with Crippen molar-refractivity contribution in [2.75, 3.05) is 20.8 Å². The van der Waals surface area contributed by atoms with Crippen molar-refractivity contribution in [3.8, 4) is 17.2 Å². The van der Waals surface area contributed by atoms with Gasteiger partial charge in [0.25, 0.3) is 5.56 Å². The monoisotopic (exact) mass is 802 g/mol. The molecular weight excluding hydrogens is 770 g/mol. The van der Waals surface area contributed by atoms with Crippen molar-refractivity contribution < 1.29 is 37.5 Å². The van der Waals surface area contributed by atoms with Gasteiger partial charge in [0, 0.05) is 23.2 Å². The summed E-state index contributed by atoms with van der Waals surface area (Å²) in [6, 6.07) is 26.8. The van der Waals surface area contributed by atoms with Crippen LogP contribution in [0.4, 0.5) is 0 Å². The smallest absolute Gasteiger partial charge is 0.497 e. The molecule has 16 heteroatoms. The maximum atomic E-state index is 13.6. The van der Waals surface area contributed by atoms with Crippen molar-refractivity contribution in [1.82, 2.24) is 9.55 Å². The Balaban J connectivity index is 1.42. The van der Waals surface area contributed by atoms with Crippen LogP contribution in [0.5, 0.6) is 17.2 Å². The molecule has 2 heterocycles. The molecule has 12 nitrogen and oxygen atoms in total. The third-order valence-corrected chi connectivity index (χ3v) is 10.4. The van der Waals surface area contributed by atoms with Gasteiger partial charge in [-0.25, -0.2) is 9.36 Å². The Hall–Kier alpha value is -4.10. The maximum Gasteiger partial charge on any atom is 0.527 e. The number of hydrogen-bond donors (Lipinski definition) is 2. The van der Waals surface area contributed by atoms with Crippen LogP contribution in [0.25, 0.3) is 0 Å². The number of aromatic nitrogens is 2. The molecule has 1 saturated heterocycles. The number of aryl methyl sites for hydroxylation is 1. The Kier molecular flexibility index (Phi) is 11.7. The molecule has 0 saturated carbocycles. The number of ether oxygens (including phenoxy) is 4. The van der Waals surface area contributed by atoms with E-state index in [0.29, 0.717) is 11.5 Å². The normalized spacial score (nSPS) is 18.4. The minimum absolute atomic E-state index is 0.122. The fraction of sp³-hybridized carbons (Fsp3) is 0.243. The largest absolute Gasteiger partial charge is 0.527 e. The van der Waals surface area contributed by atoms with E-state index in [1.807, 2.05) is 78.9 Å². The number of halogens is 3. The summed E-state index contributed by atoms with van der Waals surface area (Å²) in [6.45, 7) is 1.29. The van der Waals surface area contributed by atoms with Crippen LogP contribution >= 0.6 is 42.6 Å². The number of rotatable bonds is 13. The summed E-state index contributed by atoms with van der Waals surface area (Å²) < 4.78 is 50.1. The first-order valence-electron chi connectivity index (χ1n) is 16.1. The molecule has 1 aromatic heterocycles. The predicted octanol–water partition coefficient (Wildman–Crippen LogP) is 7.68. The number of methoxy groups -OCH3 is 2. The number of nitrogens with one attached hydrogen (secondary N) is 1. The van der Waals surface area contributed by atoms with Gasteiger partial charge in [0.15, 0.2) is 5.75 Å². The van der Waals surface area contributed by atoms with E-state index < -0.39 is 43.1 Å². The molecule has 1 unspecified atom stereocenters. The number of H-pyrrole nitrogens is 1. The fourth-order valence-corrected chi connectivity index (χ4v) is 8.17. The van der Waals surface area contributed by atoms with E-state index in [1.165, 1.54) is 29.8 Å². The van der Waals surface area contributed by atoms with Gasteiger partial charge in [-0.1, -0.05) is 89.4 Å². The zero-order valence-corrected chi connectivity index (χ0v) is 31.7. The molecule has 278 valence electrons. The predicted molar refractivity (Wildman–Crippen MR) is 200 cm³/mol. The van der Waals surface area contributed by atoms with Crippen LogP contribution in [0.3, 0.4) is 0 Å². The van der Waals surface area contributed by atoms with Crippen LogP contribution in [0.1, 0.15) is 34.9 Å². The molecule has 2 N–H and O–H groups in total. The number of hydrogen-bond acceptors (Lipinski definition) is 9. The van der Waals surface area contributed by atoms with Gasteiger partial charge in [-0.2, -0.15) is 0 Å². The Morgan fingerprint density at radius 1 is 0.887 bits per heavy atom. The summed E-state index contributed by atoms with van der Waals surface area (Å²) in [5.41, 5.74) is -0.165. The second kappa shape index (κ2) is 16.1. The number of phosphoric acid groups is 1. The molecule has 6 rings (SSSR count). The zero-order chi connectivity index (χ0) is 37.9.